The number of pyridine rings is 1. The highest BCUT2D eigenvalue weighted by atomic mass is 16.4. The molecule has 3 aromatic rings. The van der Waals surface area contributed by atoms with Crippen LogP contribution >= 0.6 is 0 Å². The molecule has 0 saturated heterocycles. The van der Waals surface area contributed by atoms with E-state index in [1.54, 1.807) is 24.3 Å². The molecule has 20 heavy (non-hydrogen) atoms. The Morgan fingerprint density at radius 1 is 1.05 bits per heavy atom. The van der Waals surface area contributed by atoms with E-state index in [1.807, 2.05) is 0 Å². The Kier molecular flexibility index (Phi) is 2.57. The van der Waals surface area contributed by atoms with Crippen molar-refractivity contribution < 1.29 is 20.1 Å². The van der Waals surface area contributed by atoms with Gasteiger partial charge in [-0.2, -0.15) is 0 Å². The molecule has 3 N–H and O–H groups in total. The lowest BCUT2D eigenvalue weighted by Gasteiger charge is -2.03. The van der Waals surface area contributed by atoms with E-state index in [-0.39, 0.29) is 17.3 Å². The third-order valence-electron chi connectivity index (χ3n) is 2.97. The number of imidazole rings is 1. The predicted octanol–water partition coefficient (Wildman–Crippen LogP) is 2.11. The second kappa shape index (κ2) is 4.27. The lowest BCUT2D eigenvalue weighted by Crippen LogP contribution is -1.97. The first-order valence-electron chi connectivity index (χ1n) is 5.81. The van der Waals surface area contributed by atoms with Gasteiger partial charge in [0.05, 0.1) is 5.52 Å². The van der Waals surface area contributed by atoms with Gasteiger partial charge < -0.3 is 15.3 Å². The lowest BCUT2D eigenvalue weighted by atomic mass is 10.2. The molecule has 0 aliphatic heterocycles. The molecule has 0 unspecified atom stereocenters. The van der Waals surface area contributed by atoms with Crippen LogP contribution in [0.5, 0.6) is 11.6 Å². The summed E-state index contributed by atoms with van der Waals surface area (Å²) < 4.78 is 1.36. The molecule has 2 heterocycles. The van der Waals surface area contributed by atoms with Crippen LogP contribution in [0.25, 0.3) is 16.9 Å². The molecule has 0 bridgehead atoms. The van der Waals surface area contributed by atoms with E-state index in [4.69, 9.17) is 0 Å². The summed E-state index contributed by atoms with van der Waals surface area (Å²) in [7, 11) is 0. The summed E-state index contributed by atoms with van der Waals surface area (Å²) in [5.41, 5.74) is 0.761. The molecular weight excluding hydrogens is 260 g/mol. The maximum atomic E-state index is 11.2. The second-order valence-electron chi connectivity index (χ2n) is 4.24. The topological polar surface area (TPSA) is 95.1 Å². The van der Waals surface area contributed by atoms with Crippen molar-refractivity contribution >= 4 is 11.5 Å². The van der Waals surface area contributed by atoms with Crippen LogP contribution in [-0.4, -0.2) is 30.7 Å². The van der Waals surface area contributed by atoms with E-state index in [1.165, 1.54) is 22.6 Å². The Bertz CT molecular complexity index is 806. The fourth-order valence-corrected chi connectivity index (χ4v) is 2.08. The highest BCUT2D eigenvalue weighted by molar-refractivity contribution is 5.95. The van der Waals surface area contributed by atoms with Crippen LogP contribution in [-0.2, 0) is 0 Å². The van der Waals surface area contributed by atoms with Gasteiger partial charge >= 0.3 is 5.97 Å². The standard InChI is InChI=1S/C14H10N2O4/c17-9-6-4-8(5-7-9)13-15-12(14(19)20)10-2-1-3-11(18)16(10)13/h1-7,17-18H,(H,19,20). The van der Waals surface area contributed by atoms with Crippen molar-refractivity contribution in [2.75, 3.05) is 0 Å². The Labute approximate surface area is 113 Å². The zero-order chi connectivity index (χ0) is 14.3. The summed E-state index contributed by atoms with van der Waals surface area (Å²) >= 11 is 0. The fraction of sp³-hybridized carbons (Fsp3) is 0. The van der Waals surface area contributed by atoms with E-state index in [0.29, 0.717) is 16.9 Å². The number of aromatic nitrogens is 2. The first-order chi connectivity index (χ1) is 9.58. The number of nitrogens with zero attached hydrogens (tertiary/aromatic N) is 2. The second-order valence-corrected chi connectivity index (χ2v) is 4.24. The van der Waals surface area contributed by atoms with Crippen LogP contribution in [0, 0.1) is 0 Å². The monoisotopic (exact) mass is 270 g/mol. The quantitative estimate of drug-likeness (QED) is 0.663. The summed E-state index contributed by atoms with van der Waals surface area (Å²) in [6.45, 7) is 0. The molecule has 0 fully saturated rings. The van der Waals surface area contributed by atoms with Crippen molar-refractivity contribution in [3.05, 3.63) is 48.2 Å². The zero-order valence-electron chi connectivity index (χ0n) is 10.2. The molecule has 6 nitrogen and oxygen atoms in total. The number of hydrogen-bond donors (Lipinski definition) is 3. The summed E-state index contributed by atoms with van der Waals surface area (Å²) in [4.78, 5) is 15.3. The third kappa shape index (κ3) is 1.74. The number of phenols is 1. The van der Waals surface area contributed by atoms with Crippen LogP contribution in [0.15, 0.2) is 42.5 Å². The van der Waals surface area contributed by atoms with E-state index in [2.05, 4.69) is 4.98 Å². The summed E-state index contributed by atoms with van der Waals surface area (Å²) in [5, 5.41) is 28.4. The van der Waals surface area contributed by atoms with Gasteiger partial charge in [0.25, 0.3) is 0 Å². The van der Waals surface area contributed by atoms with Gasteiger partial charge in [-0.1, -0.05) is 6.07 Å². The summed E-state index contributed by atoms with van der Waals surface area (Å²) in [6.07, 6.45) is 0. The first kappa shape index (κ1) is 12.0. The molecule has 6 heteroatoms. The molecule has 0 saturated carbocycles. The zero-order valence-corrected chi connectivity index (χ0v) is 10.2. The molecule has 0 spiro atoms. The van der Waals surface area contributed by atoms with Gasteiger partial charge in [0.15, 0.2) is 11.6 Å². The Morgan fingerprint density at radius 3 is 2.40 bits per heavy atom. The number of carbonyl (C=O) groups is 1. The number of benzene rings is 1. The average molecular weight is 270 g/mol. The van der Waals surface area contributed by atoms with Crippen molar-refractivity contribution in [3.63, 3.8) is 0 Å². The minimum atomic E-state index is -1.17. The number of carboxylic acids is 1. The largest absolute Gasteiger partial charge is 0.508 e. The summed E-state index contributed by atoms with van der Waals surface area (Å²) in [6, 6.07) is 10.7. The van der Waals surface area contributed by atoms with E-state index >= 15 is 0 Å². The lowest BCUT2D eigenvalue weighted by molar-refractivity contribution is 0.0693. The Morgan fingerprint density at radius 2 is 1.75 bits per heavy atom. The molecular formula is C14H10N2O4. The maximum Gasteiger partial charge on any atom is 0.356 e. The molecule has 100 valence electrons. The van der Waals surface area contributed by atoms with Gasteiger partial charge in [0.2, 0.25) is 0 Å². The SMILES string of the molecule is O=C(O)c1nc(-c2ccc(O)cc2)n2c(O)cccc12. The van der Waals surface area contributed by atoms with E-state index in [9.17, 15) is 20.1 Å². The van der Waals surface area contributed by atoms with Gasteiger partial charge in [-0.3, -0.25) is 4.40 Å². The van der Waals surface area contributed by atoms with Crippen molar-refractivity contribution in [1.82, 2.24) is 9.38 Å². The molecule has 0 atom stereocenters. The van der Waals surface area contributed by atoms with Crippen molar-refractivity contribution in [2.45, 2.75) is 0 Å². The normalized spacial score (nSPS) is 10.8. The number of hydrogen-bond acceptors (Lipinski definition) is 4. The molecule has 0 aliphatic carbocycles. The number of aromatic hydroxyl groups is 2. The van der Waals surface area contributed by atoms with Gasteiger partial charge in [-0.05, 0) is 36.4 Å². The minimum absolute atomic E-state index is 0.0947. The number of fused-ring (bicyclic) bond motifs is 1. The van der Waals surface area contributed by atoms with E-state index < -0.39 is 5.97 Å². The van der Waals surface area contributed by atoms with Gasteiger partial charge in [0.1, 0.15) is 11.6 Å². The van der Waals surface area contributed by atoms with Crippen molar-refractivity contribution in [1.29, 1.82) is 0 Å². The van der Waals surface area contributed by atoms with Crippen LogP contribution in [0.3, 0.4) is 0 Å². The third-order valence-corrected chi connectivity index (χ3v) is 2.97. The number of carboxylic acid groups (broad SMARTS) is 1. The highest BCUT2D eigenvalue weighted by Crippen LogP contribution is 2.28. The van der Waals surface area contributed by atoms with Gasteiger partial charge in [-0.25, -0.2) is 9.78 Å². The molecule has 2 aromatic heterocycles. The molecule has 3 rings (SSSR count). The number of aromatic carboxylic acids is 1. The van der Waals surface area contributed by atoms with Crippen molar-refractivity contribution in [3.8, 4) is 23.0 Å². The number of phenolic OH excluding ortho intramolecular Hbond substituents is 1. The van der Waals surface area contributed by atoms with Gasteiger partial charge in [0, 0.05) is 5.56 Å². The van der Waals surface area contributed by atoms with E-state index in [0.717, 1.165) is 0 Å². The summed E-state index contributed by atoms with van der Waals surface area (Å²) in [5.74, 6) is -0.878. The smallest absolute Gasteiger partial charge is 0.356 e. The van der Waals surface area contributed by atoms with Crippen LogP contribution in [0.4, 0.5) is 0 Å². The highest BCUT2D eigenvalue weighted by Gasteiger charge is 2.19. The first-order valence-corrected chi connectivity index (χ1v) is 5.81. The fourth-order valence-electron chi connectivity index (χ4n) is 2.08. The Balaban J connectivity index is 2.35. The molecule has 0 amide bonds. The van der Waals surface area contributed by atoms with Crippen LogP contribution in [0.2, 0.25) is 0 Å². The minimum Gasteiger partial charge on any atom is -0.508 e. The maximum absolute atomic E-state index is 11.2. The average Bonchev–Trinajstić information content (AvgIpc) is 2.81. The predicted molar refractivity (Wildman–Crippen MR) is 70.9 cm³/mol. The Hall–Kier alpha value is -3.02. The number of rotatable bonds is 2. The molecule has 1 aromatic carbocycles. The van der Waals surface area contributed by atoms with Crippen molar-refractivity contribution in [2.24, 2.45) is 0 Å². The van der Waals surface area contributed by atoms with Crippen LogP contribution < -0.4 is 0 Å². The molecule has 0 radical (unpaired) electrons. The molecule has 0 aliphatic rings. The van der Waals surface area contributed by atoms with Crippen LogP contribution in [0.1, 0.15) is 10.5 Å². The van der Waals surface area contributed by atoms with Gasteiger partial charge in [-0.15, -0.1) is 0 Å².